The number of aliphatic hydroxyl groups excluding tert-OH is 1. The number of nitrogens with one attached hydrogen (secondary N) is 1. The van der Waals surface area contributed by atoms with Gasteiger partial charge in [0.15, 0.2) is 5.13 Å². The van der Waals surface area contributed by atoms with Gasteiger partial charge in [-0.1, -0.05) is 63.4 Å². The first-order valence-corrected chi connectivity index (χ1v) is 12.5. The van der Waals surface area contributed by atoms with E-state index in [1.807, 2.05) is 6.92 Å². The maximum absolute atomic E-state index is 12.0. The van der Waals surface area contributed by atoms with Crippen LogP contribution in [0.2, 0.25) is 0 Å². The van der Waals surface area contributed by atoms with Crippen molar-refractivity contribution in [3.05, 3.63) is 18.6 Å². The van der Waals surface area contributed by atoms with Crippen molar-refractivity contribution in [3.8, 4) is 0 Å². The van der Waals surface area contributed by atoms with Gasteiger partial charge in [-0.3, -0.25) is 4.21 Å². The minimum atomic E-state index is -0.931. The molecule has 28 heavy (non-hydrogen) atoms. The van der Waals surface area contributed by atoms with E-state index in [0.717, 1.165) is 15.2 Å². The van der Waals surface area contributed by atoms with E-state index in [1.165, 1.54) is 75.5 Å². The normalized spacial score (nSPS) is 19.4. The lowest BCUT2D eigenvalue weighted by Crippen LogP contribution is -2.45. The van der Waals surface area contributed by atoms with Gasteiger partial charge in [0.2, 0.25) is 0 Å². The second-order valence-corrected chi connectivity index (χ2v) is 10.3. The van der Waals surface area contributed by atoms with Gasteiger partial charge in [0.1, 0.15) is 16.8 Å². The van der Waals surface area contributed by atoms with Crippen molar-refractivity contribution in [2.24, 2.45) is 0 Å². The molecular weight excluding hydrogens is 394 g/mol. The Kier molecular flexibility index (Phi) is 10.5. The van der Waals surface area contributed by atoms with E-state index in [-0.39, 0.29) is 0 Å². The van der Waals surface area contributed by atoms with Crippen molar-refractivity contribution in [2.45, 2.75) is 87.4 Å². The second kappa shape index (κ2) is 12.6. The standard InChI is InChI=1S/C19H31N3OS2.CH4O2/c1-3-25(23)18-14-20-19(24-18)21-15(2)22(16-10-6-4-7-11-16)17-12-8-5-9-13-17;2-1-3/h14,16-17H,2-13H2,1H3,(H,20,21);2-3H,1H2. The minimum absolute atomic E-state index is 0.612. The third-order valence-corrected chi connectivity index (χ3v) is 8.06. The summed E-state index contributed by atoms with van der Waals surface area (Å²) in [5.41, 5.74) is 0. The molecule has 3 rings (SSSR count). The van der Waals surface area contributed by atoms with E-state index < -0.39 is 17.6 Å². The van der Waals surface area contributed by atoms with E-state index in [4.69, 9.17) is 10.2 Å². The number of hydrogen-bond donors (Lipinski definition) is 3. The summed E-state index contributed by atoms with van der Waals surface area (Å²) in [6.07, 6.45) is 14.9. The first-order chi connectivity index (χ1) is 13.6. The number of nitrogens with zero attached hydrogens (tertiary/aromatic N) is 2. The van der Waals surface area contributed by atoms with Crippen LogP contribution in [-0.2, 0) is 10.8 Å². The lowest BCUT2D eigenvalue weighted by Gasteiger charge is -2.44. The molecule has 0 aromatic carbocycles. The summed E-state index contributed by atoms with van der Waals surface area (Å²) in [6.45, 7) is 5.57. The molecule has 160 valence electrons. The zero-order valence-electron chi connectivity index (χ0n) is 16.9. The molecule has 2 aliphatic rings. The maximum Gasteiger partial charge on any atom is 0.189 e. The van der Waals surface area contributed by atoms with Crippen LogP contribution < -0.4 is 5.32 Å². The van der Waals surface area contributed by atoms with Gasteiger partial charge in [-0.2, -0.15) is 0 Å². The van der Waals surface area contributed by atoms with Crippen LogP contribution in [0.25, 0.3) is 0 Å². The van der Waals surface area contributed by atoms with E-state index in [1.54, 1.807) is 6.20 Å². The number of hydrogen-bond acceptors (Lipinski definition) is 7. The van der Waals surface area contributed by atoms with Crippen molar-refractivity contribution in [2.75, 3.05) is 17.9 Å². The zero-order chi connectivity index (χ0) is 20.4. The summed E-state index contributed by atoms with van der Waals surface area (Å²) in [7, 11) is -0.931. The molecule has 0 radical (unpaired) electrons. The monoisotopic (exact) mass is 429 g/mol. The zero-order valence-corrected chi connectivity index (χ0v) is 18.6. The molecule has 1 heterocycles. The lowest BCUT2D eigenvalue weighted by atomic mass is 9.88. The quantitative estimate of drug-likeness (QED) is 0.567. The number of aromatic nitrogens is 1. The smallest absolute Gasteiger partial charge is 0.189 e. The highest BCUT2D eigenvalue weighted by Gasteiger charge is 2.30. The Labute approximate surface area is 175 Å². The predicted molar refractivity (Wildman–Crippen MR) is 117 cm³/mol. The summed E-state index contributed by atoms with van der Waals surface area (Å²) in [4.78, 5) is 7.00. The molecule has 8 heteroatoms. The molecule has 0 aliphatic heterocycles. The second-order valence-electron chi connectivity index (χ2n) is 7.32. The van der Waals surface area contributed by atoms with Crippen LogP contribution in [0.4, 0.5) is 5.13 Å². The van der Waals surface area contributed by atoms with Crippen molar-refractivity contribution >= 4 is 27.3 Å². The van der Waals surface area contributed by atoms with Crippen LogP contribution in [0.3, 0.4) is 0 Å². The fourth-order valence-electron chi connectivity index (χ4n) is 4.21. The summed E-state index contributed by atoms with van der Waals surface area (Å²) in [5.74, 6) is 1.63. The average Bonchev–Trinajstić information content (AvgIpc) is 3.18. The fourth-order valence-corrected chi connectivity index (χ4v) is 6.20. The third kappa shape index (κ3) is 6.83. The Bertz CT molecular complexity index is 594. The van der Waals surface area contributed by atoms with Gasteiger partial charge in [0.25, 0.3) is 0 Å². The number of rotatable bonds is 7. The van der Waals surface area contributed by atoms with Crippen molar-refractivity contribution in [1.29, 1.82) is 0 Å². The highest BCUT2D eigenvalue weighted by atomic mass is 32.2. The van der Waals surface area contributed by atoms with Gasteiger partial charge in [0, 0.05) is 17.8 Å². The average molecular weight is 430 g/mol. The maximum atomic E-state index is 12.0. The Morgan fingerprint density at radius 1 is 1.18 bits per heavy atom. The highest BCUT2D eigenvalue weighted by Crippen LogP contribution is 2.33. The molecule has 6 nitrogen and oxygen atoms in total. The predicted octanol–water partition coefficient (Wildman–Crippen LogP) is 4.05. The summed E-state index contributed by atoms with van der Waals surface area (Å²) >= 11 is 1.49. The Morgan fingerprint density at radius 2 is 1.68 bits per heavy atom. The van der Waals surface area contributed by atoms with Gasteiger partial charge in [0.05, 0.1) is 17.0 Å². The van der Waals surface area contributed by atoms with E-state index in [9.17, 15) is 4.21 Å². The van der Waals surface area contributed by atoms with Crippen molar-refractivity contribution in [3.63, 3.8) is 0 Å². The van der Waals surface area contributed by atoms with Crippen LogP contribution in [-0.4, -0.2) is 48.9 Å². The molecule has 1 unspecified atom stereocenters. The molecule has 1 aromatic rings. The lowest BCUT2D eigenvalue weighted by molar-refractivity contribution is 0.0773. The van der Waals surface area contributed by atoms with Gasteiger partial charge >= 0.3 is 0 Å². The first kappa shape index (κ1) is 23.3. The van der Waals surface area contributed by atoms with Gasteiger partial charge in [-0.05, 0) is 25.7 Å². The van der Waals surface area contributed by atoms with E-state index in [0.29, 0.717) is 17.8 Å². The first-order valence-electron chi connectivity index (χ1n) is 10.4. The molecule has 2 aliphatic carbocycles. The van der Waals surface area contributed by atoms with Gasteiger partial charge in [-0.25, -0.2) is 4.98 Å². The SMILES string of the molecule is C=C(Nc1ncc(S(=O)CC)s1)N(C1CCCCC1)C1CCCCC1.OCO. The summed E-state index contributed by atoms with van der Waals surface area (Å²) in [6, 6.07) is 1.22. The molecular formula is C20H35N3O3S2. The third-order valence-electron chi connectivity index (χ3n) is 5.47. The van der Waals surface area contributed by atoms with Crippen LogP contribution in [0.1, 0.15) is 71.1 Å². The largest absolute Gasteiger partial charge is 0.371 e. The van der Waals surface area contributed by atoms with Crippen LogP contribution in [0.5, 0.6) is 0 Å². The summed E-state index contributed by atoms with van der Waals surface area (Å²) < 4.78 is 12.8. The Morgan fingerprint density at radius 3 is 2.14 bits per heavy atom. The fraction of sp³-hybridized carbons (Fsp3) is 0.750. The van der Waals surface area contributed by atoms with Crippen molar-refractivity contribution < 1.29 is 14.4 Å². The van der Waals surface area contributed by atoms with Crippen LogP contribution in [0, 0.1) is 0 Å². The molecule has 2 fully saturated rings. The minimum Gasteiger partial charge on any atom is -0.371 e. The molecule has 0 saturated heterocycles. The topological polar surface area (TPSA) is 85.7 Å². The van der Waals surface area contributed by atoms with Crippen molar-refractivity contribution in [1.82, 2.24) is 9.88 Å². The molecule has 1 aromatic heterocycles. The number of aliphatic hydroxyl groups is 2. The molecule has 2 saturated carbocycles. The summed E-state index contributed by atoms with van der Waals surface area (Å²) in [5, 5.41) is 18.5. The Hall–Kier alpha value is -0.960. The van der Waals surface area contributed by atoms with E-state index in [2.05, 4.69) is 21.8 Å². The van der Waals surface area contributed by atoms with Crippen LogP contribution in [0.15, 0.2) is 22.8 Å². The van der Waals surface area contributed by atoms with E-state index >= 15 is 0 Å². The molecule has 0 amide bonds. The number of anilines is 1. The Balaban J connectivity index is 0.000000878. The number of thiazole rings is 1. The molecule has 1 atom stereocenters. The molecule has 0 bridgehead atoms. The van der Waals surface area contributed by atoms with Gasteiger partial charge < -0.3 is 20.4 Å². The molecule has 0 spiro atoms. The highest BCUT2D eigenvalue weighted by molar-refractivity contribution is 7.87. The molecule has 3 N–H and O–H groups in total. The van der Waals surface area contributed by atoms with Gasteiger partial charge in [-0.15, -0.1) is 0 Å². The van der Waals surface area contributed by atoms with Crippen LogP contribution >= 0.6 is 11.3 Å².